The average molecular weight is 855 g/mol. The van der Waals surface area contributed by atoms with Crippen molar-refractivity contribution in [3.05, 3.63) is 255 Å². The van der Waals surface area contributed by atoms with Gasteiger partial charge in [0.1, 0.15) is 11.2 Å². The molecule has 11 aromatic carbocycles. The van der Waals surface area contributed by atoms with E-state index < -0.39 is 0 Å². The second kappa shape index (κ2) is 16.0. The predicted octanol–water partition coefficient (Wildman–Crippen LogP) is 18.0. The second-order valence-corrected chi connectivity index (χ2v) is 17.3. The molecule has 0 amide bonds. The molecule has 0 bridgehead atoms. The van der Waals surface area contributed by atoms with Crippen LogP contribution in [0.25, 0.3) is 105 Å². The summed E-state index contributed by atoms with van der Waals surface area (Å²) in [5, 5.41) is 7.08. The number of benzene rings is 11. The van der Waals surface area contributed by atoms with Crippen molar-refractivity contribution in [2.75, 3.05) is 4.90 Å². The molecular formula is C64H42N2O. The number of hydrogen-bond donors (Lipinski definition) is 0. The number of fused-ring (bicyclic) bond motifs is 8. The van der Waals surface area contributed by atoms with Gasteiger partial charge in [-0.1, -0.05) is 170 Å². The predicted molar refractivity (Wildman–Crippen MR) is 282 cm³/mol. The maximum absolute atomic E-state index is 6.49. The van der Waals surface area contributed by atoms with Gasteiger partial charge >= 0.3 is 0 Å². The molecule has 0 saturated carbocycles. The van der Waals surface area contributed by atoms with Crippen LogP contribution in [0, 0.1) is 0 Å². The minimum atomic E-state index is 0.887. The molecule has 0 unspecified atom stereocenters. The number of aromatic nitrogens is 1. The zero-order valence-electron chi connectivity index (χ0n) is 36.6. The quantitative estimate of drug-likeness (QED) is 0.152. The summed E-state index contributed by atoms with van der Waals surface area (Å²) in [6.07, 6.45) is 0. The highest BCUT2D eigenvalue weighted by atomic mass is 16.3. The van der Waals surface area contributed by atoms with Gasteiger partial charge in [-0.15, -0.1) is 0 Å². The van der Waals surface area contributed by atoms with E-state index in [0.29, 0.717) is 0 Å². The van der Waals surface area contributed by atoms with Crippen LogP contribution < -0.4 is 4.90 Å². The molecular weight excluding hydrogens is 813 g/mol. The van der Waals surface area contributed by atoms with Crippen LogP contribution in [0.4, 0.5) is 17.1 Å². The van der Waals surface area contributed by atoms with Crippen LogP contribution in [0.5, 0.6) is 0 Å². The Labute approximate surface area is 388 Å². The standard InChI is InChI=1S/C64H42N2O/c1-4-15-43(16-5-1)45-27-32-51(33-28-45)65(53-22-14-19-47(39-53)44-17-6-2-7-18-44)52-34-29-46(30-35-52)49-40-58(54-37-38-63-64(59(54)41-49)57-24-11-13-26-62(57)67-63)48-31-36-56-55-23-10-12-25-60(55)66(61(56)42-48)50-20-8-3-9-21-50/h1-42H. The fraction of sp³-hybridized carbons (Fsp3) is 0. The fourth-order valence-corrected chi connectivity index (χ4v) is 10.2. The third-order valence-corrected chi connectivity index (χ3v) is 13.4. The van der Waals surface area contributed by atoms with Crippen molar-refractivity contribution in [1.29, 1.82) is 0 Å². The highest BCUT2D eigenvalue weighted by molar-refractivity contribution is 6.22. The summed E-state index contributed by atoms with van der Waals surface area (Å²) in [6, 6.07) is 91.9. The lowest BCUT2D eigenvalue weighted by molar-refractivity contribution is 0.669. The molecule has 314 valence electrons. The van der Waals surface area contributed by atoms with Gasteiger partial charge in [-0.05, 0) is 140 Å². The molecule has 13 rings (SSSR count). The van der Waals surface area contributed by atoms with Crippen LogP contribution in [-0.2, 0) is 0 Å². The van der Waals surface area contributed by atoms with E-state index >= 15 is 0 Å². The van der Waals surface area contributed by atoms with Crippen LogP contribution in [0.3, 0.4) is 0 Å². The zero-order valence-corrected chi connectivity index (χ0v) is 36.6. The van der Waals surface area contributed by atoms with E-state index in [1.165, 1.54) is 60.4 Å². The first kappa shape index (κ1) is 38.5. The Morgan fingerprint density at radius 3 is 1.57 bits per heavy atom. The molecule has 0 atom stereocenters. The van der Waals surface area contributed by atoms with Crippen LogP contribution in [-0.4, -0.2) is 4.57 Å². The second-order valence-electron chi connectivity index (χ2n) is 17.3. The van der Waals surface area contributed by atoms with Gasteiger partial charge < -0.3 is 13.9 Å². The van der Waals surface area contributed by atoms with Crippen molar-refractivity contribution in [2.45, 2.75) is 0 Å². The molecule has 67 heavy (non-hydrogen) atoms. The monoisotopic (exact) mass is 854 g/mol. The van der Waals surface area contributed by atoms with E-state index in [0.717, 1.165) is 61.4 Å². The van der Waals surface area contributed by atoms with Crippen LogP contribution in [0.1, 0.15) is 0 Å². The van der Waals surface area contributed by atoms with Gasteiger partial charge in [0.2, 0.25) is 0 Å². The smallest absolute Gasteiger partial charge is 0.136 e. The van der Waals surface area contributed by atoms with E-state index in [1.54, 1.807) is 0 Å². The number of nitrogens with zero attached hydrogens (tertiary/aromatic N) is 2. The normalized spacial score (nSPS) is 11.6. The first-order chi connectivity index (χ1) is 33.2. The number of anilines is 3. The largest absolute Gasteiger partial charge is 0.456 e. The van der Waals surface area contributed by atoms with Crippen LogP contribution >= 0.6 is 0 Å². The maximum atomic E-state index is 6.49. The maximum Gasteiger partial charge on any atom is 0.136 e. The Hall–Kier alpha value is -8.92. The lowest BCUT2D eigenvalue weighted by atomic mass is 9.90. The molecule has 0 N–H and O–H groups in total. The molecule has 3 heteroatoms. The molecule has 0 radical (unpaired) electrons. The molecule has 0 fully saturated rings. The lowest BCUT2D eigenvalue weighted by Crippen LogP contribution is -2.10. The van der Waals surface area contributed by atoms with Crippen LogP contribution in [0.15, 0.2) is 259 Å². The van der Waals surface area contributed by atoms with Crippen molar-refractivity contribution in [3.8, 4) is 50.2 Å². The third kappa shape index (κ3) is 6.67. The van der Waals surface area contributed by atoms with Gasteiger partial charge in [-0.3, -0.25) is 0 Å². The highest BCUT2D eigenvalue weighted by Crippen LogP contribution is 2.44. The number of para-hydroxylation sites is 3. The SMILES string of the molecule is c1ccc(-c2ccc(N(c3ccc(-c4cc(-c5ccc6c7ccccc7n(-c7ccccc7)c6c5)c5ccc6oc7ccccc7c6c5c4)cc3)c3cccc(-c4ccccc4)c3)cc2)cc1. The van der Waals surface area contributed by atoms with Crippen molar-refractivity contribution in [2.24, 2.45) is 0 Å². The van der Waals surface area contributed by atoms with E-state index in [9.17, 15) is 0 Å². The fourth-order valence-electron chi connectivity index (χ4n) is 10.2. The van der Waals surface area contributed by atoms with Gasteiger partial charge in [-0.2, -0.15) is 0 Å². The molecule has 3 nitrogen and oxygen atoms in total. The van der Waals surface area contributed by atoms with E-state index in [1.807, 2.05) is 6.07 Å². The van der Waals surface area contributed by atoms with Gasteiger partial charge in [0, 0.05) is 44.3 Å². The van der Waals surface area contributed by atoms with Gasteiger partial charge in [0.05, 0.1) is 11.0 Å². The Kier molecular flexibility index (Phi) is 9.17. The lowest BCUT2D eigenvalue weighted by Gasteiger charge is -2.26. The first-order valence-corrected chi connectivity index (χ1v) is 22.9. The Balaban J connectivity index is 0.984. The Bertz CT molecular complexity index is 3940. The minimum absolute atomic E-state index is 0.887. The van der Waals surface area contributed by atoms with E-state index in [2.05, 4.69) is 258 Å². The number of rotatable bonds is 8. The molecule has 0 spiro atoms. The number of furan rings is 1. The highest BCUT2D eigenvalue weighted by Gasteiger charge is 2.19. The molecule has 2 heterocycles. The van der Waals surface area contributed by atoms with E-state index in [-0.39, 0.29) is 0 Å². The topological polar surface area (TPSA) is 21.3 Å². The third-order valence-electron chi connectivity index (χ3n) is 13.4. The molecule has 2 aromatic heterocycles. The zero-order chi connectivity index (χ0) is 44.3. The molecule has 0 aliphatic rings. The summed E-state index contributed by atoms with van der Waals surface area (Å²) in [6.45, 7) is 0. The van der Waals surface area contributed by atoms with E-state index in [4.69, 9.17) is 4.42 Å². The Morgan fingerprint density at radius 2 is 0.836 bits per heavy atom. The molecule has 13 aromatic rings. The summed E-state index contributed by atoms with van der Waals surface area (Å²) in [4.78, 5) is 2.36. The summed E-state index contributed by atoms with van der Waals surface area (Å²) >= 11 is 0. The van der Waals surface area contributed by atoms with Gasteiger partial charge in [0.25, 0.3) is 0 Å². The van der Waals surface area contributed by atoms with Gasteiger partial charge in [-0.25, -0.2) is 0 Å². The number of hydrogen-bond acceptors (Lipinski definition) is 2. The van der Waals surface area contributed by atoms with Crippen molar-refractivity contribution < 1.29 is 4.42 Å². The van der Waals surface area contributed by atoms with Crippen molar-refractivity contribution in [3.63, 3.8) is 0 Å². The van der Waals surface area contributed by atoms with Crippen molar-refractivity contribution in [1.82, 2.24) is 4.57 Å². The van der Waals surface area contributed by atoms with Crippen LogP contribution in [0.2, 0.25) is 0 Å². The van der Waals surface area contributed by atoms with Crippen molar-refractivity contribution >= 4 is 71.6 Å². The first-order valence-electron chi connectivity index (χ1n) is 22.9. The average Bonchev–Trinajstić information content (AvgIpc) is 3.96. The molecule has 0 aliphatic carbocycles. The summed E-state index contributed by atoms with van der Waals surface area (Å²) in [7, 11) is 0. The molecule has 0 saturated heterocycles. The summed E-state index contributed by atoms with van der Waals surface area (Å²) in [5.41, 5.74) is 17.9. The summed E-state index contributed by atoms with van der Waals surface area (Å²) in [5.74, 6) is 0. The molecule has 0 aliphatic heterocycles. The summed E-state index contributed by atoms with van der Waals surface area (Å²) < 4.78 is 8.89. The van der Waals surface area contributed by atoms with Gasteiger partial charge in [0.15, 0.2) is 0 Å². The minimum Gasteiger partial charge on any atom is -0.456 e. The Morgan fingerprint density at radius 1 is 0.284 bits per heavy atom.